The molecule has 0 aliphatic rings. The molecule has 0 aliphatic carbocycles. The van der Waals surface area contributed by atoms with Gasteiger partial charge < -0.3 is 5.32 Å². The number of hydrogen-bond donors (Lipinski definition) is 1. The maximum absolute atomic E-state index is 11.5. The van der Waals surface area contributed by atoms with E-state index in [4.69, 9.17) is 0 Å². The molecule has 13 heavy (non-hydrogen) atoms. The van der Waals surface area contributed by atoms with Gasteiger partial charge in [-0.1, -0.05) is 20.8 Å². The molecule has 0 saturated heterocycles. The van der Waals surface area contributed by atoms with Crippen molar-refractivity contribution in [1.82, 2.24) is 5.32 Å². The monoisotopic (exact) mass is 185 g/mol. The van der Waals surface area contributed by atoms with Crippen LogP contribution in [0.25, 0.3) is 0 Å². The van der Waals surface area contributed by atoms with Crippen LogP contribution in [0.4, 0.5) is 0 Å². The summed E-state index contributed by atoms with van der Waals surface area (Å²) < 4.78 is 0. The molecule has 0 aromatic carbocycles. The largest absolute Gasteiger partial charge is 0.352 e. The fourth-order valence-electron chi connectivity index (χ4n) is 0.997. The van der Waals surface area contributed by atoms with Crippen molar-refractivity contribution in [3.05, 3.63) is 0 Å². The zero-order chi connectivity index (χ0) is 10.6. The number of carbonyl (C=O) groups is 1. The van der Waals surface area contributed by atoms with Crippen molar-refractivity contribution >= 4 is 5.91 Å². The second-order valence-corrected chi connectivity index (χ2v) is 5.22. The smallest absolute Gasteiger partial charge is 0.220 e. The van der Waals surface area contributed by atoms with Crippen LogP contribution in [0, 0.1) is 11.8 Å². The molecule has 0 bridgehead atoms. The molecule has 1 atom stereocenters. The molecule has 1 amide bonds. The lowest BCUT2D eigenvalue weighted by atomic mass is 9.94. The standard InChI is InChI=1S/C11H23NO/c1-8(2)9(3)7-10(13)12-11(4,5)6/h8-9H,7H2,1-6H3,(H,12,13). The summed E-state index contributed by atoms with van der Waals surface area (Å²) in [6.45, 7) is 12.4. The Morgan fingerprint density at radius 2 is 1.69 bits per heavy atom. The second kappa shape index (κ2) is 4.64. The van der Waals surface area contributed by atoms with E-state index in [1.54, 1.807) is 0 Å². The fraction of sp³-hybridized carbons (Fsp3) is 0.909. The predicted molar refractivity (Wildman–Crippen MR) is 56.5 cm³/mol. The Morgan fingerprint density at radius 1 is 1.23 bits per heavy atom. The van der Waals surface area contributed by atoms with Gasteiger partial charge in [-0.05, 0) is 32.6 Å². The number of rotatable bonds is 3. The van der Waals surface area contributed by atoms with Gasteiger partial charge in [0.15, 0.2) is 0 Å². The average Bonchev–Trinajstić information content (AvgIpc) is 1.81. The van der Waals surface area contributed by atoms with Crippen molar-refractivity contribution in [2.75, 3.05) is 0 Å². The van der Waals surface area contributed by atoms with E-state index in [1.807, 2.05) is 20.8 Å². The van der Waals surface area contributed by atoms with Gasteiger partial charge in [-0.25, -0.2) is 0 Å². The van der Waals surface area contributed by atoms with Crippen molar-refractivity contribution in [2.24, 2.45) is 11.8 Å². The molecule has 1 N–H and O–H groups in total. The second-order valence-electron chi connectivity index (χ2n) is 5.22. The van der Waals surface area contributed by atoms with Crippen molar-refractivity contribution in [2.45, 2.75) is 53.5 Å². The van der Waals surface area contributed by atoms with E-state index in [0.29, 0.717) is 18.3 Å². The van der Waals surface area contributed by atoms with Gasteiger partial charge in [-0.15, -0.1) is 0 Å². The van der Waals surface area contributed by atoms with Crippen LogP contribution in [-0.4, -0.2) is 11.4 Å². The molecular formula is C11H23NO. The first kappa shape index (κ1) is 12.5. The molecule has 0 aromatic heterocycles. The van der Waals surface area contributed by atoms with Gasteiger partial charge in [0.05, 0.1) is 0 Å². The maximum Gasteiger partial charge on any atom is 0.220 e. The highest BCUT2D eigenvalue weighted by molar-refractivity contribution is 5.76. The van der Waals surface area contributed by atoms with E-state index in [1.165, 1.54) is 0 Å². The van der Waals surface area contributed by atoms with Crippen molar-refractivity contribution in [3.63, 3.8) is 0 Å². The van der Waals surface area contributed by atoms with Crippen molar-refractivity contribution < 1.29 is 4.79 Å². The van der Waals surface area contributed by atoms with E-state index in [-0.39, 0.29) is 11.4 Å². The Morgan fingerprint density at radius 3 is 2.00 bits per heavy atom. The molecule has 0 aliphatic heterocycles. The van der Waals surface area contributed by atoms with Gasteiger partial charge >= 0.3 is 0 Å². The molecule has 2 nitrogen and oxygen atoms in total. The molecule has 0 rings (SSSR count). The molecule has 2 heteroatoms. The topological polar surface area (TPSA) is 29.1 Å². The Labute approximate surface area is 82.1 Å². The number of hydrogen-bond acceptors (Lipinski definition) is 1. The zero-order valence-corrected chi connectivity index (χ0v) is 9.77. The van der Waals surface area contributed by atoms with Gasteiger partial charge in [0.1, 0.15) is 0 Å². The van der Waals surface area contributed by atoms with Gasteiger partial charge in [-0.2, -0.15) is 0 Å². The first-order chi connectivity index (χ1) is 5.72. The number of amides is 1. The molecule has 78 valence electrons. The average molecular weight is 185 g/mol. The highest BCUT2D eigenvalue weighted by Gasteiger charge is 2.17. The van der Waals surface area contributed by atoms with E-state index in [9.17, 15) is 4.79 Å². The van der Waals surface area contributed by atoms with Gasteiger partial charge in [0, 0.05) is 12.0 Å². The minimum absolute atomic E-state index is 0.103. The Balaban J connectivity index is 3.89. The van der Waals surface area contributed by atoms with E-state index in [2.05, 4.69) is 26.1 Å². The lowest BCUT2D eigenvalue weighted by Crippen LogP contribution is -2.41. The molecule has 0 fully saturated rings. The predicted octanol–water partition coefficient (Wildman–Crippen LogP) is 2.58. The third-order valence-electron chi connectivity index (χ3n) is 2.16. The SMILES string of the molecule is CC(C)C(C)CC(=O)NC(C)(C)C. The zero-order valence-electron chi connectivity index (χ0n) is 9.77. The summed E-state index contributed by atoms with van der Waals surface area (Å²) in [5, 5.41) is 2.97. The summed E-state index contributed by atoms with van der Waals surface area (Å²) in [6, 6.07) is 0. The fourth-order valence-corrected chi connectivity index (χ4v) is 0.997. The van der Waals surface area contributed by atoms with E-state index >= 15 is 0 Å². The summed E-state index contributed by atoms with van der Waals surface area (Å²) >= 11 is 0. The summed E-state index contributed by atoms with van der Waals surface area (Å²) in [6.07, 6.45) is 0.634. The molecule has 0 saturated carbocycles. The first-order valence-corrected chi connectivity index (χ1v) is 5.03. The Hall–Kier alpha value is -0.530. The van der Waals surface area contributed by atoms with Crippen LogP contribution >= 0.6 is 0 Å². The minimum Gasteiger partial charge on any atom is -0.352 e. The van der Waals surface area contributed by atoms with Crippen LogP contribution in [0.5, 0.6) is 0 Å². The van der Waals surface area contributed by atoms with Crippen molar-refractivity contribution in [1.29, 1.82) is 0 Å². The quantitative estimate of drug-likeness (QED) is 0.719. The summed E-state index contributed by atoms with van der Waals surface area (Å²) in [7, 11) is 0. The lowest BCUT2D eigenvalue weighted by molar-refractivity contribution is -0.123. The first-order valence-electron chi connectivity index (χ1n) is 5.03. The van der Waals surface area contributed by atoms with Crippen LogP contribution in [0.3, 0.4) is 0 Å². The van der Waals surface area contributed by atoms with E-state index < -0.39 is 0 Å². The number of carbonyl (C=O) groups excluding carboxylic acids is 1. The highest BCUT2D eigenvalue weighted by atomic mass is 16.1. The van der Waals surface area contributed by atoms with Crippen LogP contribution < -0.4 is 5.32 Å². The normalized spacial score (nSPS) is 14.4. The molecule has 0 heterocycles. The molecule has 0 spiro atoms. The van der Waals surface area contributed by atoms with Gasteiger partial charge in [-0.3, -0.25) is 4.79 Å². The summed E-state index contributed by atoms with van der Waals surface area (Å²) in [5.41, 5.74) is -0.103. The van der Waals surface area contributed by atoms with Crippen LogP contribution in [0.1, 0.15) is 48.0 Å². The molecule has 1 unspecified atom stereocenters. The van der Waals surface area contributed by atoms with Crippen LogP contribution in [0.15, 0.2) is 0 Å². The third kappa shape index (κ3) is 6.62. The molecule has 0 aromatic rings. The Bertz CT molecular complexity index is 167. The lowest BCUT2D eigenvalue weighted by Gasteiger charge is -2.22. The third-order valence-corrected chi connectivity index (χ3v) is 2.16. The van der Waals surface area contributed by atoms with Gasteiger partial charge in [0.2, 0.25) is 5.91 Å². The van der Waals surface area contributed by atoms with Crippen LogP contribution in [0.2, 0.25) is 0 Å². The minimum atomic E-state index is -0.103. The highest BCUT2D eigenvalue weighted by Crippen LogP contribution is 2.14. The summed E-state index contributed by atoms with van der Waals surface area (Å²) in [4.78, 5) is 11.5. The molecule has 0 radical (unpaired) electrons. The van der Waals surface area contributed by atoms with E-state index in [0.717, 1.165) is 0 Å². The number of nitrogens with one attached hydrogen (secondary N) is 1. The van der Waals surface area contributed by atoms with Gasteiger partial charge in [0.25, 0.3) is 0 Å². The van der Waals surface area contributed by atoms with Crippen molar-refractivity contribution in [3.8, 4) is 0 Å². The Kier molecular flexibility index (Phi) is 4.45. The molecular weight excluding hydrogens is 162 g/mol. The van der Waals surface area contributed by atoms with Crippen LogP contribution in [-0.2, 0) is 4.79 Å². The summed E-state index contributed by atoms with van der Waals surface area (Å²) in [5.74, 6) is 1.20. The maximum atomic E-state index is 11.5.